The third kappa shape index (κ3) is 1.14. The Morgan fingerprint density at radius 1 is 1.27 bits per heavy atom. The monoisotopic (exact) mass is 360 g/mol. The van der Waals surface area contributed by atoms with Crippen LogP contribution in [0.3, 0.4) is 0 Å². The Kier molecular flexibility index (Phi) is 2.19. The van der Waals surface area contributed by atoms with Crippen molar-refractivity contribution in [2.24, 2.45) is 23.2 Å². The number of aliphatic hydroxyl groups excluding tert-OH is 1. The Balaban J connectivity index is 1.39. The lowest BCUT2D eigenvalue weighted by atomic mass is 9.50. The summed E-state index contributed by atoms with van der Waals surface area (Å²) in [5.74, 6) is 0.148. The molecular formula is C20H24O6. The molecule has 3 saturated carbocycles. The minimum absolute atomic E-state index is 0.0209. The molecule has 2 N–H and O–H groups in total. The standard InChI is InChI=1S/C20H24O6/c1-8(2)19-14(26-19)12-6-17(12)18(23)4-3-9-10(7-24-15(9)21)11(18)5-13-20(17,25-13)16(19)22/h8,11-14,16,22-23H,3-7H2,1-2H3. The number of hydrogen-bond acceptors (Lipinski definition) is 6. The molecule has 3 heterocycles. The van der Waals surface area contributed by atoms with E-state index in [0.29, 0.717) is 25.9 Å². The normalized spacial score (nSPS) is 63.1. The van der Waals surface area contributed by atoms with E-state index in [1.807, 2.05) is 0 Å². The molecular weight excluding hydrogens is 336 g/mol. The molecule has 6 heteroatoms. The highest BCUT2D eigenvalue weighted by molar-refractivity contribution is 5.92. The predicted octanol–water partition coefficient (Wildman–Crippen LogP) is 0.697. The van der Waals surface area contributed by atoms with Crippen molar-refractivity contribution >= 4 is 5.97 Å². The van der Waals surface area contributed by atoms with Crippen LogP contribution in [0.2, 0.25) is 0 Å². The summed E-state index contributed by atoms with van der Waals surface area (Å²) in [4.78, 5) is 12.0. The van der Waals surface area contributed by atoms with Crippen molar-refractivity contribution in [1.29, 1.82) is 0 Å². The van der Waals surface area contributed by atoms with Gasteiger partial charge >= 0.3 is 5.97 Å². The van der Waals surface area contributed by atoms with Gasteiger partial charge in [-0.05, 0) is 37.2 Å². The van der Waals surface area contributed by atoms with Gasteiger partial charge in [-0.1, -0.05) is 13.8 Å². The second-order valence-electron chi connectivity index (χ2n) is 9.92. The quantitative estimate of drug-likeness (QED) is 0.528. The number of carbonyl (C=O) groups is 1. The van der Waals surface area contributed by atoms with Crippen LogP contribution in [0.4, 0.5) is 0 Å². The molecule has 2 spiro atoms. The van der Waals surface area contributed by atoms with E-state index in [-0.39, 0.29) is 35.9 Å². The first-order chi connectivity index (χ1) is 12.3. The van der Waals surface area contributed by atoms with Crippen molar-refractivity contribution in [3.05, 3.63) is 11.1 Å². The molecule has 3 aliphatic heterocycles. The van der Waals surface area contributed by atoms with E-state index in [2.05, 4.69) is 13.8 Å². The van der Waals surface area contributed by atoms with Crippen molar-refractivity contribution in [3.63, 3.8) is 0 Å². The number of aliphatic hydroxyl groups is 2. The summed E-state index contributed by atoms with van der Waals surface area (Å²) in [7, 11) is 0. The first kappa shape index (κ1) is 15.0. The molecule has 6 nitrogen and oxygen atoms in total. The molecule has 4 aliphatic carbocycles. The van der Waals surface area contributed by atoms with Crippen LogP contribution in [0.25, 0.3) is 0 Å². The Labute approximate surface area is 151 Å². The molecule has 9 atom stereocenters. The van der Waals surface area contributed by atoms with Gasteiger partial charge in [0.25, 0.3) is 0 Å². The molecule has 0 aromatic heterocycles. The van der Waals surface area contributed by atoms with Crippen molar-refractivity contribution in [2.45, 2.75) is 74.6 Å². The zero-order valence-electron chi connectivity index (χ0n) is 15.0. The Morgan fingerprint density at radius 2 is 2.08 bits per heavy atom. The number of cyclic esters (lactones) is 1. The fourth-order valence-corrected chi connectivity index (χ4v) is 8.04. The van der Waals surface area contributed by atoms with Gasteiger partial charge in [0.15, 0.2) is 0 Å². The number of fused-ring (bicyclic) bond motifs is 4. The number of carbonyl (C=O) groups excluding carboxylic acids is 1. The van der Waals surface area contributed by atoms with Crippen molar-refractivity contribution in [1.82, 2.24) is 0 Å². The highest BCUT2D eigenvalue weighted by Gasteiger charge is 2.98. The van der Waals surface area contributed by atoms with Gasteiger partial charge < -0.3 is 24.4 Å². The number of rotatable bonds is 1. The lowest BCUT2D eigenvalue weighted by molar-refractivity contribution is -0.165. The van der Waals surface area contributed by atoms with E-state index in [0.717, 1.165) is 17.6 Å². The molecule has 7 rings (SSSR count). The van der Waals surface area contributed by atoms with Crippen molar-refractivity contribution in [2.75, 3.05) is 6.61 Å². The zero-order chi connectivity index (χ0) is 17.9. The number of epoxide rings is 2. The fraction of sp³-hybridized carbons (Fsp3) is 0.850. The van der Waals surface area contributed by atoms with E-state index < -0.39 is 28.3 Å². The molecule has 0 aromatic rings. The maximum atomic E-state index is 12.0. The minimum Gasteiger partial charge on any atom is -0.458 e. The highest BCUT2D eigenvalue weighted by atomic mass is 16.7. The van der Waals surface area contributed by atoms with Crippen LogP contribution < -0.4 is 0 Å². The predicted molar refractivity (Wildman–Crippen MR) is 86.9 cm³/mol. The topological polar surface area (TPSA) is 91.8 Å². The highest BCUT2D eigenvalue weighted by Crippen LogP contribution is 2.87. The van der Waals surface area contributed by atoms with E-state index >= 15 is 0 Å². The molecule has 7 aliphatic rings. The third-order valence-corrected chi connectivity index (χ3v) is 9.26. The smallest absolute Gasteiger partial charge is 0.334 e. The van der Waals surface area contributed by atoms with Crippen LogP contribution in [0.5, 0.6) is 0 Å². The van der Waals surface area contributed by atoms with Crippen LogP contribution in [0, 0.1) is 23.2 Å². The van der Waals surface area contributed by atoms with E-state index in [9.17, 15) is 15.0 Å². The van der Waals surface area contributed by atoms with E-state index in [1.165, 1.54) is 0 Å². The van der Waals surface area contributed by atoms with Gasteiger partial charge in [0, 0.05) is 22.8 Å². The second-order valence-corrected chi connectivity index (χ2v) is 9.92. The maximum Gasteiger partial charge on any atom is 0.334 e. The fourth-order valence-electron chi connectivity index (χ4n) is 8.04. The van der Waals surface area contributed by atoms with Gasteiger partial charge in [0.05, 0.1) is 17.8 Å². The van der Waals surface area contributed by atoms with Crippen LogP contribution in [0.15, 0.2) is 11.1 Å². The number of ether oxygens (including phenoxy) is 3. The molecule has 9 unspecified atom stereocenters. The van der Waals surface area contributed by atoms with Gasteiger partial charge in [0.1, 0.15) is 23.9 Å². The summed E-state index contributed by atoms with van der Waals surface area (Å²) in [5, 5.41) is 23.5. The number of esters is 1. The second kappa shape index (κ2) is 3.79. The first-order valence-electron chi connectivity index (χ1n) is 9.99. The summed E-state index contributed by atoms with van der Waals surface area (Å²) < 4.78 is 17.7. The third-order valence-electron chi connectivity index (χ3n) is 9.26. The first-order valence-corrected chi connectivity index (χ1v) is 9.99. The minimum atomic E-state index is -0.937. The summed E-state index contributed by atoms with van der Waals surface area (Å²) in [5.41, 5.74) is -0.781. The summed E-state index contributed by atoms with van der Waals surface area (Å²) in [6.45, 7) is 4.51. The Morgan fingerprint density at radius 3 is 2.85 bits per heavy atom. The largest absolute Gasteiger partial charge is 0.458 e. The van der Waals surface area contributed by atoms with Crippen molar-refractivity contribution < 1.29 is 29.2 Å². The molecule has 0 aromatic carbocycles. The lowest BCUT2D eigenvalue weighted by Crippen LogP contribution is -2.68. The van der Waals surface area contributed by atoms with Crippen LogP contribution in [-0.2, 0) is 19.0 Å². The Bertz CT molecular complexity index is 819. The zero-order valence-corrected chi connectivity index (χ0v) is 15.0. The van der Waals surface area contributed by atoms with Gasteiger partial charge in [-0.25, -0.2) is 4.79 Å². The van der Waals surface area contributed by atoms with Crippen LogP contribution in [0.1, 0.15) is 39.5 Å². The lowest BCUT2D eigenvalue weighted by Gasteiger charge is -2.54. The SMILES string of the molecule is CC(C)C12OC1C1CC13C1(O)CCC4=C(COC4=O)C1CC1OC13C2O. The molecule has 140 valence electrons. The molecule has 0 amide bonds. The average molecular weight is 360 g/mol. The van der Waals surface area contributed by atoms with Crippen LogP contribution in [-0.4, -0.2) is 57.9 Å². The molecule has 5 fully saturated rings. The number of hydrogen-bond donors (Lipinski definition) is 2. The summed E-state index contributed by atoms with van der Waals surface area (Å²) >= 11 is 0. The molecule has 26 heavy (non-hydrogen) atoms. The van der Waals surface area contributed by atoms with Gasteiger partial charge in [-0.2, -0.15) is 0 Å². The van der Waals surface area contributed by atoms with E-state index in [4.69, 9.17) is 14.2 Å². The Hall–Kier alpha value is -0.950. The van der Waals surface area contributed by atoms with E-state index in [1.54, 1.807) is 0 Å². The maximum absolute atomic E-state index is 12.0. The van der Waals surface area contributed by atoms with Crippen molar-refractivity contribution in [3.8, 4) is 0 Å². The van der Waals surface area contributed by atoms with Gasteiger partial charge in [0.2, 0.25) is 0 Å². The molecule has 0 radical (unpaired) electrons. The van der Waals surface area contributed by atoms with Crippen LogP contribution >= 0.6 is 0 Å². The van der Waals surface area contributed by atoms with Gasteiger partial charge in [-0.3, -0.25) is 0 Å². The molecule has 0 bridgehead atoms. The van der Waals surface area contributed by atoms with Gasteiger partial charge in [-0.15, -0.1) is 0 Å². The summed E-state index contributed by atoms with van der Waals surface area (Å²) in [6.07, 6.45) is 1.90. The summed E-state index contributed by atoms with van der Waals surface area (Å²) in [6, 6.07) is 0. The average Bonchev–Trinajstić information content (AvgIpc) is 3.47. The molecule has 2 saturated heterocycles.